The minimum absolute atomic E-state index is 0.232. The molecule has 0 aliphatic carbocycles. The van der Waals surface area contributed by atoms with Gasteiger partial charge in [0.25, 0.3) is 0 Å². The topological polar surface area (TPSA) is 80.7 Å². The molecule has 0 amide bonds. The zero-order valence-electron chi connectivity index (χ0n) is 10.8. The van der Waals surface area contributed by atoms with Crippen LogP contribution in [0.2, 0.25) is 0 Å². The first-order chi connectivity index (χ1) is 9.52. The van der Waals surface area contributed by atoms with Gasteiger partial charge in [-0.2, -0.15) is 17.2 Å². The molecule has 118 valence electrons. The Morgan fingerprint density at radius 3 is 1.90 bits per heavy atom. The van der Waals surface area contributed by atoms with Crippen molar-refractivity contribution in [2.24, 2.45) is 5.92 Å². The van der Waals surface area contributed by atoms with Crippen LogP contribution in [0.5, 0.6) is 5.75 Å². The summed E-state index contributed by atoms with van der Waals surface area (Å²) in [5.41, 5.74) is 0. The molecule has 0 saturated heterocycles. The minimum atomic E-state index is -5.55. The summed E-state index contributed by atoms with van der Waals surface area (Å²) in [6.07, 6.45) is 0.232. The molecule has 0 aliphatic rings. The molecule has 0 fully saturated rings. The standard InChI is InChI=1S/C11H10F4O5S/c1-3-4(2)11(16)20-9-5(12)7(14)10(21(17,18)19)8(15)6(9)13/h4H,3H2,1-2H3,(H,17,18,19). The number of carbonyl (C=O) groups is 1. The van der Waals surface area contributed by atoms with Crippen molar-refractivity contribution in [1.29, 1.82) is 0 Å². The van der Waals surface area contributed by atoms with Crippen molar-refractivity contribution in [3.63, 3.8) is 0 Å². The monoisotopic (exact) mass is 330 g/mol. The van der Waals surface area contributed by atoms with E-state index in [1.807, 2.05) is 0 Å². The third-order valence-corrected chi connectivity index (χ3v) is 3.53. The Morgan fingerprint density at radius 1 is 1.14 bits per heavy atom. The predicted octanol–water partition coefficient (Wildman–Crippen LogP) is 2.44. The van der Waals surface area contributed by atoms with Crippen molar-refractivity contribution < 1.29 is 40.1 Å². The van der Waals surface area contributed by atoms with Crippen LogP contribution in [0.25, 0.3) is 0 Å². The molecule has 5 nitrogen and oxygen atoms in total. The number of carbonyl (C=O) groups excluding carboxylic acids is 1. The van der Waals surface area contributed by atoms with Crippen molar-refractivity contribution in [2.45, 2.75) is 25.2 Å². The van der Waals surface area contributed by atoms with E-state index < -0.39 is 55.9 Å². The Bertz CT molecular complexity index is 657. The first-order valence-electron chi connectivity index (χ1n) is 5.57. The van der Waals surface area contributed by atoms with Gasteiger partial charge in [-0.1, -0.05) is 13.8 Å². The van der Waals surface area contributed by atoms with Gasteiger partial charge in [-0.3, -0.25) is 9.35 Å². The molecular formula is C11H10F4O5S. The van der Waals surface area contributed by atoms with Gasteiger partial charge in [-0.15, -0.1) is 0 Å². The van der Waals surface area contributed by atoms with Crippen LogP contribution >= 0.6 is 0 Å². The number of hydrogen-bond donors (Lipinski definition) is 1. The Balaban J connectivity index is 3.49. The van der Waals surface area contributed by atoms with Crippen molar-refractivity contribution in [2.75, 3.05) is 0 Å². The zero-order valence-corrected chi connectivity index (χ0v) is 11.6. The minimum Gasteiger partial charge on any atom is -0.420 e. The quantitative estimate of drug-likeness (QED) is 0.301. The smallest absolute Gasteiger partial charge is 0.314 e. The molecule has 0 aliphatic heterocycles. The lowest BCUT2D eigenvalue weighted by molar-refractivity contribution is -0.138. The van der Waals surface area contributed by atoms with Crippen LogP contribution in [-0.2, 0) is 14.9 Å². The first-order valence-corrected chi connectivity index (χ1v) is 7.01. The SMILES string of the molecule is CCC(C)C(=O)Oc1c(F)c(F)c(S(=O)(=O)O)c(F)c1F. The molecule has 0 aromatic heterocycles. The van der Waals surface area contributed by atoms with Crippen molar-refractivity contribution >= 4 is 16.1 Å². The molecule has 0 radical (unpaired) electrons. The van der Waals surface area contributed by atoms with Crippen molar-refractivity contribution in [3.05, 3.63) is 23.3 Å². The highest BCUT2D eigenvalue weighted by atomic mass is 32.2. The van der Waals surface area contributed by atoms with E-state index >= 15 is 0 Å². The lowest BCUT2D eigenvalue weighted by Gasteiger charge is -2.12. The second-order valence-electron chi connectivity index (χ2n) is 4.12. The van der Waals surface area contributed by atoms with E-state index in [2.05, 4.69) is 4.74 Å². The molecule has 1 rings (SSSR count). The van der Waals surface area contributed by atoms with Crippen molar-refractivity contribution in [1.82, 2.24) is 0 Å². The molecule has 0 saturated carbocycles. The maximum absolute atomic E-state index is 13.5. The summed E-state index contributed by atoms with van der Waals surface area (Å²) in [6.45, 7) is 2.90. The highest BCUT2D eigenvalue weighted by molar-refractivity contribution is 7.85. The van der Waals surface area contributed by atoms with Gasteiger partial charge in [-0.25, -0.2) is 8.78 Å². The average Bonchev–Trinajstić information content (AvgIpc) is 2.38. The number of esters is 1. The second-order valence-corrected chi connectivity index (χ2v) is 5.48. The summed E-state index contributed by atoms with van der Waals surface area (Å²) >= 11 is 0. The maximum atomic E-state index is 13.5. The van der Waals surface area contributed by atoms with Crippen molar-refractivity contribution in [3.8, 4) is 5.75 Å². The van der Waals surface area contributed by atoms with Crippen LogP contribution in [0.3, 0.4) is 0 Å². The predicted molar refractivity (Wildman–Crippen MR) is 61.2 cm³/mol. The molecule has 1 atom stereocenters. The summed E-state index contributed by atoms with van der Waals surface area (Å²) < 4.78 is 88.1. The summed E-state index contributed by atoms with van der Waals surface area (Å²) in [5.74, 6) is -12.9. The summed E-state index contributed by atoms with van der Waals surface area (Å²) in [4.78, 5) is 9.19. The third-order valence-electron chi connectivity index (χ3n) is 2.66. The van der Waals surface area contributed by atoms with E-state index in [0.717, 1.165) is 0 Å². The van der Waals surface area contributed by atoms with E-state index in [1.54, 1.807) is 6.92 Å². The zero-order chi connectivity index (χ0) is 16.5. The fraction of sp³-hybridized carbons (Fsp3) is 0.364. The van der Waals surface area contributed by atoms with Gasteiger partial charge in [0.1, 0.15) is 0 Å². The van der Waals surface area contributed by atoms with Crippen LogP contribution in [0.15, 0.2) is 4.90 Å². The molecule has 0 heterocycles. The van der Waals surface area contributed by atoms with E-state index in [-0.39, 0.29) is 6.42 Å². The van der Waals surface area contributed by atoms with Crippen LogP contribution in [0.4, 0.5) is 17.6 Å². The molecule has 0 bridgehead atoms. The normalized spacial score (nSPS) is 13.1. The highest BCUT2D eigenvalue weighted by Crippen LogP contribution is 2.32. The maximum Gasteiger partial charge on any atom is 0.314 e. The molecule has 1 N–H and O–H groups in total. The first kappa shape index (κ1) is 17.4. The summed E-state index contributed by atoms with van der Waals surface area (Å²) in [5, 5.41) is 0. The fourth-order valence-electron chi connectivity index (χ4n) is 1.28. The number of ether oxygens (including phenoxy) is 1. The molecule has 21 heavy (non-hydrogen) atoms. The third kappa shape index (κ3) is 3.32. The Kier molecular flexibility index (Phi) is 4.95. The van der Waals surface area contributed by atoms with Crippen LogP contribution in [-0.4, -0.2) is 18.9 Å². The molecule has 1 unspecified atom stereocenters. The van der Waals surface area contributed by atoms with E-state index in [1.165, 1.54) is 6.92 Å². The highest BCUT2D eigenvalue weighted by Gasteiger charge is 2.34. The van der Waals surface area contributed by atoms with Gasteiger partial charge in [0.05, 0.1) is 5.92 Å². The molecule has 1 aromatic carbocycles. The van der Waals surface area contributed by atoms with Crippen LogP contribution < -0.4 is 4.74 Å². The van der Waals surface area contributed by atoms with Gasteiger partial charge in [-0.05, 0) is 6.42 Å². The van der Waals surface area contributed by atoms with Crippen LogP contribution in [0, 0.1) is 29.2 Å². The van der Waals surface area contributed by atoms with Gasteiger partial charge in [0.15, 0.2) is 16.5 Å². The fourth-order valence-corrected chi connectivity index (χ4v) is 1.91. The molecule has 1 aromatic rings. The number of benzene rings is 1. The molecule has 10 heteroatoms. The van der Waals surface area contributed by atoms with Gasteiger partial charge >= 0.3 is 16.1 Å². The van der Waals surface area contributed by atoms with E-state index in [9.17, 15) is 30.8 Å². The lowest BCUT2D eigenvalue weighted by atomic mass is 10.1. The molecular weight excluding hydrogens is 320 g/mol. The van der Waals surface area contributed by atoms with Gasteiger partial charge in [0, 0.05) is 0 Å². The Labute approximate surface area is 117 Å². The number of hydrogen-bond acceptors (Lipinski definition) is 4. The lowest BCUT2D eigenvalue weighted by Crippen LogP contribution is -2.20. The van der Waals surface area contributed by atoms with Crippen LogP contribution in [0.1, 0.15) is 20.3 Å². The number of halogens is 4. The van der Waals surface area contributed by atoms with Gasteiger partial charge in [0.2, 0.25) is 17.4 Å². The second kappa shape index (κ2) is 5.98. The number of rotatable bonds is 4. The molecule has 0 spiro atoms. The average molecular weight is 330 g/mol. The summed E-state index contributed by atoms with van der Waals surface area (Å²) in [7, 11) is -5.55. The largest absolute Gasteiger partial charge is 0.420 e. The summed E-state index contributed by atoms with van der Waals surface area (Å²) in [6, 6.07) is 0. The Hall–Kier alpha value is -1.68. The van der Waals surface area contributed by atoms with Gasteiger partial charge < -0.3 is 4.74 Å². The van der Waals surface area contributed by atoms with E-state index in [0.29, 0.717) is 0 Å². The Morgan fingerprint density at radius 2 is 1.57 bits per heavy atom. The van der Waals surface area contributed by atoms with E-state index in [4.69, 9.17) is 4.55 Å².